The van der Waals surface area contributed by atoms with Crippen LogP contribution in [-0.2, 0) is 34.3 Å². The third-order valence-electron chi connectivity index (χ3n) is 5.25. The number of para-hydroxylation sites is 1. The zero-order valence-corrected chi connectivity index (χ0v) is 20.1. The molecule has 9 heteroatoms. The van der Waals surface area contributed by atoms with Crippen LogP contribution in [0.5, 0.6) is 0 Å². The largest absolute Gasteiger partial charge is 0.328 e. The van der Waals surface area contributed by atoms with Crippen molar-refractivity contribution in [3.8, 4) is 0 Å². The average Bonchev–Trinajstić information content (AvgIpc) is 3.09. The summed E-state index contributed by atoms with van der Waals surface area (Å²) >= 11 is 0. The SMILES string of the molecule is CCn1c(CCC(=O)Nc2ccccc2CN(C)C)nc2cc(S(=O)(=O)N(C)C)ccc21. The Hall–Kier alpha value is -2.75. The number of anilines is 1. The van der Waals surface area contributed by atoms with E-state index in [2.05, 4.69) is 15.2 Å². The molecule has 1 aromatic heterocycles. The quantitative estimate of drug-likeness (QED) is 0.534. The lowest BCUT2D eigenvalue weighted by atomic mass is 10.1. The van der Waals surface area contributed by atoms with Gasteiger partial charge in [-0.05, 0) is 50.8 Å². The fourth-order valence-electron chi connectivity index (χ4n) is 3.63. The van der Waals surface area contributed by atoms with Crippen molar-refractivity contribution in [1.29, 1.82) is 0 Å². The number of amides is 1. The molecule has 0 fully saturated rings. The number of carbonyl (C=O) groups is 1. The molecule has 0 radical (unpaired) electrons. The maximum absolute atomic E-state index is 12.7. The zero-order valence-electron chi connectivity index (χ0n) is 19.3. The van der Waals surface area contributed by atoms with E-state index in [0.717, 1.165) is 29.1 Å². The third-order valence-corrected chi connectivity index (χ3v) is 7.06. The number of rotatable bonds is 9. The number of fused-ring (bicyclic) bond motifs is 1. The van der Waals surface area contributed by atoms with Crippen LogP contribution in [0.3, 0.4) is 0 Å². The van der Waals surface area contributed by atoms with Crippen LogP contribution in [0.4, 0.5) is 5.69 Å². The first-order valence-electron chi connectivity index (χ1n) is 10.6. The van der Waals surface area contributed by atoms with Gasteiger partial charge in [-0.25, -0.2) is 17.7 Å². The van der Waals surface area contributed by atoms with Gasteiger partial charge in [0.1, 0.15) is 5.82 Å². The molecule has 3 rings (SSSR count). The lowest BCUT2D eigenvalue weighted by Crippen LogP contribution is -2.22. The third kappa shape index (κ3) is 5.17. The number of benzene rings is 2. The summed E-state index contributed by atoms with van der Waals surface area (Å²) in [6, 6.07) is 12.8. The number of hydrogen-bond acceptors (Lipinski definition) is 5. The highest BCUT2D eigenvalue weighted by molar-refractivity contribution is 7.89. The first kappa shape index (κ1) is 23.9. The van der Waals surface area contributed by atoms with Gasteiger partial charge in [-0.3, -0.25) is 4.79 Å². The Labute approximate surface area is 189 Å². The van der Waals surface area contributed by atoms with Gasteiger partial charge in [-0.1, -0.05) is 18.2 Å². The van der Waals surface area contributed by atoms with Gasteiger partial charge in [-0.2, -0.15) is 0 Å². The second-order valence-electron chi connectivity index (χ2n) is 8.15. The molecule has 1 heterocycles. The van der Waals surface area contributed by atoms with E-state index in [9.17, 15) is 13.2 Å². The Balaban J connectivity index is 1.78. The van der Waals surface area contributed by atoms with Crippen LogP contribution in [0.2, 0.25) is 0 Å². The minimum Gasteiger partial charge on any atom is -0.328 e. The Bertz CT molecular complexity index is 1220. The molecule has 0 saturated heterocycles. The van der Waals surface area contributed by atoms with E-state index in [0.29, 0.717) is 18.5 Å². The van der Waals surface area contributed by atoms with Crippen LogP contribution in [0.25, 0.3) is 11.0 Å². The molecule has 0 spiro atoms. The highest BCUT2D eigenvalue weighted by atomic mass is 32.2. The molecule has 0 unspecified atom stereocenters. The van der Waals surface area contributed by atoms with Crippen LogP contribution < -0.4 is 5.32 Å². The monoisotopic (exact) mass is 457 g/mol. The highest BCUT2D eigenvalue weighted by Gasteiger charge is 2.20. The molecule has 2 aromatic carbocycles. The average molecular weight is 458 g/mol. The number of aryl methyl sites for hydroxylation is 2. The molecule has 172 valence electrons. The summed E-state index contributed by atoms with van der Waals surface area (Å²) in [5.41, 5.74) is 3.34. The molecule has 1 N–H and O–H groups in total. The van der Waals surface area contributed by atoms with E-state index in [-0.39, 0.29) is 17.2 Å². The van der Waals surface area contributed by atoms with Crippen molar-refractivity contribution >= 4 is 32.7 Å². The number of nitrogens with zero attached hydrogens (tertiary/aromatic N) is 4. The fourth-order valence-corrected chi connectivity index (χ4v) is 4.56. The number of hydrogen-bond donors (Lipinski definition) is 1. The summed E-state index contributed by atoms with van der Waals surface area (Å²) in [5.74, 6) is 0.681. The Morgan fingerprint density at radius 1 is 1.09 bits per heavy atom. The van der Waals surface area contributed by atoms with E-state index < -0.39 is 10.0 Å². The first-order valence-corrected chi connectivity index (χ1v) is 12.0. The molecular formula is C23H31N5O3S. The highest BCUT2D eigenvalue weighted by Crippen LogP contribution is 2.23. The van der Waals surface area contributed by atoms with Gasteiger partial charge in [0.25, 0.3) is 0 Å². The van der Waals surface area contributed by atoms with Crippen molar-refractivity contribution in [3.63, 3.8) is 0 Å². The van der Waals surface area contributed by atoms with Crippen molar-refractivity contribution in [2.45, 2.75) is 37.8 Å². The van der Waals surface area contributed by atoms with Gasteiger partial charge in [-0.15, -0.1) is 0 Å². The maximum Gasteiger partial charge on any atom is 0.242 e. The molecule has 0 aliphatic rings. The summed E-state index contributed by atoms with van der Waals surface area (Å²) < 4.78 is 28.1. The van der Waals surface area contributed by atoms with Crippen molar-refractivity contribution in [2.24, 2.45) is 0 Å². The van der Waals surface area contributed by atoms with E-state index in [4.69, 9.17) is 0 Å². The van der Waals surface area contributed by atoms with Crippen LogP contribution in [0.1, 0.15) is 24.7 Å². The van der Waals surface area contributed by atoms with Gasteiger partial charge in [0.15, 0.2) is 0 Å². The smallest absolute Gasteiger partial charge is 0.242 e. The van der Waals surface area contributed by atoms with E-state index >= 15 is 0 Å². The first-order chi connectivity index (χ1) is 15.1. The molecule has 32 heavy (non-hydrogen) atoms. The van der Waals surface area contributed by atoms with Crippen molar-refractivity contribution in [3.05, 3.63) is 53.9 Å². The molecule has 0 bridgehead atoms. The minimum absolute atomic E-state index is 0.0817. The van der Waals surface area contributed by atoms with E-state index in [1.165, 1.54) is 18.4 Å². The zero-order chi connectivity index (χ0) is 23.5. The van der Waals surface area contributed by atoms with Gasteiger partial charge in [0, 0.05) is 45.7 Å². The van der Waals surface area contributed by atoms with Crippen LogP contribution >= 0.6 is 0 Å². The molecule has 1 amide bonds. The predicted molar refractivity (Wildman–Crippen MR) is 127 cm³/mol. The number of imidazole rings is 1. The van der Waals surface area contributed by atoms with Crippen LogP contribution in [0.15, 0.2) is 47.4 Å². The van der Waals surface area contributed by atoms with Crippen LogP contribution in [-0.4, -0.2) is 61.3 Å². The number of sulfonamides is 1. The summed E-state index contributed by atoms with van der Waals surface area (Å²) in [7, 11) is 3.45. The van der Waals surface area contributed by atoms with Gasteiger partial charge in [0.2, 0.25) is 15.9 Å². The van der Waals surface area contributed by atoms with Crippen molar-refractivity contribution < 1.29 is 13.2 Å². The van der Waals surface area contributed by atoms with Crippen molar-refractivity contribution in [1.82, 2.24) is 18.8 Å². The van der Waals surface area contributed by atoms with E-state index in [1.54, 1.807) is 18.2 Å². The minimum atomic E-state index is -3.54. The maximum atomic E-state index is 12.7. The van der Waals surface area contributed by atoms with Gasteiger partial charge in [0.05, 0.1) is 15.9 Å². The second kappa shape index (κ2) is 9.81. The summed E-state index contributed by atoms with van der Waals surface area (Å²) in [6.07, 6.45) is 0.739. The standard InChI is InChI=1S/C23H31N5O3S/c1-6-28-21-12-11-18(32(30,31)27(4)5)15-20(21)24-22(28)13-14-23(29)25-19-10-8-7-9-17(19)16-26(2)3/h7-12,15H,6,13-14,16H2,1-5H3,(H,25,29). The topological polar surface area (TPSA) is 87.5 Å². The lowest BCUT2D eigenvalue weighted by molar-refractivity contribution is -0.116. The molecule has 0 aliphatic carbocycles. The predicted octanol–water partition coefficient (Wildman–Crippen LogP) is 2.94. The molecule has 0 atom stereocenters. The number of aromatic nitrogens is 2. The molecule has 0 aliphatic heterocycles. The fraction of sp³-hybridized carbons (Fsp3) is 0.391. The number of nitrogens with one attached hydrogen (secondary N) is 1. The Morgan fingerprint density at radius 3 is 2.47 bits per heavy atom. The molecule has 0 saturated carbocycles. The van der Waals surface area contributed by atoms with Gasteiger partial charge >= 0.3 is 0 Å². The number of carbonyl (C=O) groups excluding carboxylic acids is 1. The Kier molecular flexibility index (Phi) is 7.33. The molecule has 8 nitrogen and oxygen atoms in total. The van der Waals surface area contributed by atoms with Crippen LogP contribution in [0, 0.1) is 0 Å². The van der Waals surface area contributed by atoms with Gasteiger partial charge < -0.3 is 14.8 Å². The molecule has 3 aromatic rings. The van der Waals surface area contributed by atoms with E-state index in [1.807, 2.05) is 49.9 Å². The summed E-state index contributed by atoms with van der Waals surface area (Å²) in [4.78, 5) is 19.6. The summed E-state index contributed by atoms with van der Waals surface area (Å²) in [5, 5.41) is 3.01. The second-order valence-corrected chi connectivity index (χ2v) is 10.3. The normalized spacial score (nSPS) is 12.1. The van der Waals surface area contributed by atoms with Crippen molar-refractivity contribution in [2.75, 3.05) is 33.5 Å². The Morgan fingerprint density at radius 2 is 1.81 bits per heavy atom. The molecular weight excluding hydrogens is 426 g/mol. The summed E-state index contributed by atoms with van der Waals surface area (Å²) in [6.45, 7) is 3.42. The lowest BCUT2D eigenvalue weighted by Gasteiger charge is -2.15.